The lowest BCUT2D eigenvalue weighted by molar-refractivity contribution is -0.136. The maximum atomic E-state index is 11.0. The van der Waals surface area contributed by atoms with Crippen LogP contribution in [0.5, 0.6) is 0 Å². The van der Waals surface area contributed by atoms with Crippen LogP contribution in [0.4, 0.5) is 0 Å². The van der Waals surface area contributed by atoms with Gasteiger partial charge in [-0.3, -0.25) is 4.90 Å². The highest BCUT2D eigenvalue weighted by atomic mass is 16.5. The Morgan fingerprint density at radius 1 is 1.17 bits per heavy atom. The molecule has 0 atom stereocenters. The van der Waals surface area contributed by atoms with E-state index in [9.17, 15) is 9.59 Å². The monoisotopic (exact) mass is 257 g/mol. The van der Waals surface area contributed by atoms with E-state index in [1.54, 1.807) is 0 Å². The number of hydrogen-bond donors (Lipinski definition) is 2. The Bertz CT molecular complexity index is 344. The van der Waals surface area contributed by atoms with E-state index < -0.39 is 11.9 Å². The van der Waals surface area contributed by atoms with Crippen LogP contribution in [0.25, 0.3) is 0 Å². The summed E-state index contributed by atoms with van der Waals surface area (Å²) in [5.41, 5.74) is -0.0831. The van der Waals surface area contributed by atoms with Gasteiger partial charge in [-0.15, -0.1) is 0 Å². The molecule has 0 aliphatic carbocycles. The number of carboxylic acids is 2. The van der Waals surface area contributed by atoms with Gasteiger partial charge in [-0.25, -0.2) is 9.59 Å². The highest BCUT2D eigenvalue weighted by molar-refractivity contribution is 5.98. The molecule has 18 heavy (non-hydrogen) atoms. The molecule has 102 valence electrons. The number of rotatable bonds is 6. The van der Waals surface area contributed by atoms with Crippen LogP contribution in [0.15, 0.2) is 11.1 Å². The number of ether oxygens (including phenoxy) is 1. The average Bonchev–Trinajstić information content (AvgIpc) is 2.34. The minimum Gasteiger partial charge on any atom is -0.478 e. The third kappa shape index (κ3) is 4.46. The molecule has 1 fully saturated rings. The lowest BCUT2D eigenvalue weighted by Gasteiger charge is -2.26. The summed E-state index contributed by atoms with van der Waals surface area (Å²) >= 11 is 0. The summed E-state index contributed by atoms with van der Waals surface area (Å²) in [6, 6.07) is 0. The van der Waals surface area contributed by atoms with Crippen LogP contribution < -0.4 is 0 Å². The quantitative estimate of drug-likeness (QED) is 0.677. The minimum atomic E-state index is -1.17. The molecule has 0 radical (unpaired) electrons. The summed E-state index contributed by atoms with van der Waals surface area (Å²) in [6.07, 6.45) is 0.928. The zero-order valence-electron chi connectivity index (χ0n) is 10.5. The van der Waals surface area contributed by atoms with Crippen molar-refractivity contribution in [2.45, 2.75) is 19.8 Å². The van der Waals surface area contributed by atoms with Crippen molar-refractivity contribution in [3.8, 4) is 0 Å². The fourth-order valence-corrected chi connectivity index (χ4v) is 1.89. The number of carboxylic acid groups (broad SMARTS) is 2. The van der Waals surface area contributed by atoms with E-state index in [1.165, 1.54) is 6.92 Å². The second kappa shape index (κ2) is 7.13. The Kier molecular flexibility index (Phi) is 5.80. The maximum absolute atomic E-state index is 11.0. The molecule has 6 heteroatoms. The normalized spacial score (nSPS) is 18.3. The molecule has 2 N–H and O–H groups in total. The maximum Gasteiger partial charge on any atom is 0.332 e. The molecule has 0 unspecified atom stereocenters. The van der Waals surface area contributed by atoms with E-state index in [4.69, 9.17) is 14.9 Å². The first-order valence-corrected chi connectivity index (χ1v) is 5.99. The van der Waals surface area contributed by atoms with E-state index in [-0.39, 0.29) is 17.6 Å². The molecule has 1 saturated heterocycles. The summed E-state index contributed by atoms with van der Waals surface area (Å²) in [5, 5.41) is 17.8. The molecule has 6 nitrogen and oxygen atoms in total. The van der Waals surface area contributed by atoms with E-state index in [1.807, 2.05) is 0 Å². The van der Waals surface area contributed by atoms with Crippen molar-refractivity contribution < 1.29 is 24.5 Å². The zero-order chi connectivity index (χ0) is 13.5. The molecular formula is C12H19NO5. The van der Waals surface area contributed by atoms with Crippen molar-refractivity contribution in [3.63, 3.8) is 0 Å². The van der Waals surface area contributed by atoms with Crippen LogP contribution in [-0.2, 0) is 14.3 Å². The smallest absolute Gasteiger partial charge is 0.332 e. The Labute approximate surface area is 106 Å². The molecule has 0 bridgehead atoms. The van der Waals surface area contributed by atoms with Gasteiger partial charge < -0.3 is 14.9 Å². The second-order valence-corrected chi connectivity index (χ2v) is 4.27. The number of hydrogen-bond acceptors (Lipinski definition) is 4. The summed E-state index contributed by atoms with van der Waals surface area (Å²) < 4.78 is 5.21. The van der Waals surface area contributed by atoms with Gasteiger partial charge in [0.1, 0.15) is 0 Å². The van der Waals surface area contributed by atoms with Crippen LogP contribution in [0, 0.1) is 0 Å². The molecule has 0 aromatic carbocycles. The Balaban J connectivity index is 2.45. The van der Waals surface area contributed by atoms with Crippen molar-refractivity contribution in [2.75, 3.05) is 32.8 Å². The first-order chi connectivity index (χ1) is 8.52. The van der Waals surface area contributed by atoms with Gasteiger partial charge in [-0.05, 0) is 26.3 Å². The van der Waals surface area contributed by atoms with Crippen molar-refractivity contribution in [1.29, 1.82) is 0 Å². The molecule has 0 aromatic rings. The Hall–Kier alpha value is -1.40. The standard InChI is InChI=1S/C12H19NO5/c1-9(11(14)15)10(12(16)17)3-2-4-13-5-7-18-8-6-13/h2-8H2,1H3,(H,14,15)(H,16,17). The van der Waals surface area contributed by atoms with Crippen LogP contribution >= 0.6 is 0 Å². The van der Waals surface area contributed by atoms with Crippen LogP contribution in [0.1, 0.15) is 19.8 Å². The Morgan fingerprint density at radius 2 is 1.78 bits per heavy atom. The number of carbonyl (C=O) groups is 2. The molecule has 0 aromatic heterocycles. The van der Waals surface area contributed by atoms with Gasteiger partial charge in [0.25, 0.3) is 0 Å². The molecule has 0 spiro atoms. The van der Waals surface area contributed by atoms with E-state index in [2.05, 4.69) is 4.90 Å². The van der Waals surface area contributed by atoms with Gasteiger partial charge in [0, 0.05) is 24.2 Å². The topological polar surface area (TPSA) is 87.1 Å². The van der Waals surface area contributed by atoms with Gasteiger partial charge in [-0.2, -0.15) is 0 Å². The summed E-state index contributed by atoms with van der Waals surface area (Å²) in [6.45, 7) is 5.22. The molecule has 0 amide bonds. The highest BCUT2D eigenvalue weighted by Gasteiger charge is 2.17. The van der Waals surface area contributed by atoms with Crippen LogP contribution in [-0.4, -0.2) is 59.9 Å². The van der Waals surface area contributed by atoms with E-state index in [0.717, 1.165) is 19.6 Å². The van der Waals surface area contributed by atoms with Crippen molar-refractivity contribution in [3.05, 3.63) is 11.1 Å². The highest BCUT2D eigenvalue weighted by Crippen LogP contribution is 2.13. The molecule has 1 aliphatic rings. The fourth-order valence-electron chi connectivity index (χ4n) is 1.89. The first kappa shape index (κ1) is 14.7. The number of nitrogens with zero attached hydrogens (tertiary/aromatic N) is 1. The molecule has 0 saturated carbocycles. The molecule has 1 rings (SSSR count). The van der Waals surface area contributed by atoms with Gasteiger partial charge in [0.15, 0.2) is 0 Å². The summed E-state index contributed by atoms with van der Waals surface area (Å²) in [4.78, 5) is 23.9. The lowest BCUT2D eigenvalue weighted by Crippen LogP contribution is -2.36. The van der Waals surface area contributed by atoms with E-state index in [0.29, 0.717) is 19.6 Å². The summed E-state index contributed by atoms with van der Waals surface area (Å²) in [7, 11) is 0. The minimum absolute atomic E-state index is 0.00393. The predicted octanol–water partition coefficient (Wildman–Crippen LogP) is 0.585. The average molecular weight is 257 g/mol. The Morgan fingerprint density at radius 3 is 2.28 bits per heavy atom. The summed E-state index contributed by atoms with van der Waals surface area (Å²) in [5.74, 6) is -2.31. The molecular weight excluding hydrogens is 238 g/mol. The largest absolute Gasteiger partial charge is 0.478 e. The van der Waals surface area contributed by atoms with E-state index >= 15 is 0 Å². The van der Waals surface area contributed by atoms with Crippen LogP contribution in [0.2, 0.25) is 0 Å². The fraction of sp³-hybridized carbons (Fsp3) is 0.667. The zero-order valence-corrected chi connectivity index (χ0v) is 10.5. The van der Waals surface area contributed by atoms with Gasteiger partial charge in [0.05, 0.1) is 13.2 Å². The molecule has 1 heterocycles. The van der Waals surface area contributed by atoms with Crippen LogP contribution in [0.3, 0.4) is 0 Å². The molecule has 1 aliphatic heterocycles. The van der Waals surface area contributed by atoms with Gasteiger partial charge in [0.2, 0.25) is 0 Å². The lowest BCUT2D eigenvalue weighted by atomic mass is 10.0. The van der Waals surface area contributed by atoms with Gasteiger partial charge >= 0.3 is 11.9 Å². The first-order valence-electron chi connectivity index (χ1n) is 5.99. The predicted molar refractivity (Wildman–Crippen MR) is 64.5 cm³/mol. The van der Waals surface area contributed by atoms with Crippen molar-refractivity contribution >= 4 is 11.9 Å². The van der Waals surface area contributed by atoms with Crippen molar-refractivity contribution in [2.24, 2.45) is 0 Å². The third-order valence-corrected chi connectivity index (χ3v) is 3.04. The third-order valence-electron chi connectivity index (χ3n) is 3.04. The second-order valence-electron chi connectivity index (χ2n) is 4.27. The SMILES string of the molecule is CC(C(=O)O)=C(CCCN1CCOCC1)C(=O)O. The van der Waals surface area contributed by atoms with Gasteiger partial charge in [-0.1, -0.05) is 0 Å². The van der Waals surface area contributed by atoms with Crippen molar-refractivity contribution in [1.82, 2.24) is 4.90 Å². The number of morpholine rings is 1. The number of aliphatic carboxylic acids is 2.